The van der Waals surface area contributed by atoms with Crippen LogP contribution < -0.4 is 10.1 Å². The molecule has 2 N–H and O–H groups in total. The molecule has 3 aromatic rings. The Morgan fingerprint density at radius 2 is 1.83 bits per heavy atom. The van der Waals surface area contributed by atoms with Gasteiger partial charge in [0.2, 0.25) is 11.8 Å². The number of hydrogen-bond donors (Lipinski definition) is 2. The molecule has 2 aliphatic heterocycles. The Balaban J connectivity index is 1.32. The first kappa shape index (κ1) is 33.6. The predicted octanol–water partition coefficient (Wildman–Crippen LogP) is 6.17. The average molecular weight is 675 g/mol. The number of carboxylic acids is 1. The molecular formula is C36H42N4O7S. The van der Waals surface area contributed by atoms with Crippen LogP contribution in [0.1, 0.15) is 72.1 Å². The highest BCUT2D eigenvalue weighted by molar-refractivity contribution is 7.13. The molecule has 2 aromatic heterocycles. The van der Waals surface area contributed by atoms with Crippen molar-refractivity contribution in [2.75, 3.05) is 6.54 Å². The summed E-state index contributed by atoms with van der Waals surface area (Å²) in [5.74, 6) is -1.69. The Morgan fingerprint density at radius 1 is 1.06 bits per heavy atom. The number of carbonyl (C=O) groups is 4. The second kappa shape index (κ2) is 13.7. The van der Waals surface area contributed by atoms with Gasteiger partial charge in [-0.2, -0.15) is 0 Å². The van der Waals surface area contributed by atoms with Crippen LogP contribution in [0.5, 0.6) is 5.88 Å². The van der Waals surface area contributed by atoms with Crippen molar-refractivity contribution in [3.05, 3.63) is 53.9 Å². The van der Waals surface area contributed by atoms with E-state index in [0.717, 1.165) is 24.1 Å². The summed E-state index contributed by atoms with van der Waals surface area (Å²) in [7, 11) is 0. The number of alkyl carbamates (subject to hydrolysis) is 1. The van der Waals surface area contributed by atoms with Crippen LogP contribution in [0, 0.1) is 11.3 Å². The highest BCUT2D eigenvalue weighted by Gasteiger charge is 2.61. The third-order valence-corrected chi connectivity index (χ3v) is 10.1. The lowest BCUT2D eigenvalue weighted by Crippen LogP contribution is -2.52. The highest BCUT2D eigenvalue weighted by atomic mass is 32.1. The molecule has 11 nitrogen and oxygen atoms in total. The Morgan fingerprint density at radius 3 is 2.54 bits per heavy atom. The topological polar surface area (TPSA) is 148 Å². The number of carboxylic acid groups (broad SMARTS) is 1. The van der Waals surface area contributed by atoms with Crippen molar-refractivity contribution < 1.29 is 33.8 Å². The van der Waals surface area contributed by atoms with E-state index in [9.17, 15) is 24.3 Å². The number of thiophene rings is 1. The number of aromatic nitrogens is 2. The molecule has 1 aliphatic carbocycles. The van der Waals surface area contributed by atoms with Gasteiger partial charge >= 0.3 is 12.1 Å². The predicted molar refractivity (Wildman–Crippen MR) is 181 cm³/mol. The molecule has 0 radical (unpaired) electrons. The van der Waals surface area contributed by atoms with Crippen LogP contribution in [-0.4, -0.2) is 74.1 Å². The maximum Gasteiger partial charge on any atom is 0.408 e. The van der Waals surface area contributed by atoms with E-state index < -0.39 is 47.2 Å². The number of para-hydroxylation sites is 2. The second-order valence-corrected chi connectivity index (χ2v) is 15.0. The number of ether oxygens (including phenoxy) is 2. The minimum Gasteiger partial charge on any atom is -0.481 e. The first-order valence-corrected chi connectivity index (χ1v) is 17.5. The van der Waals surface area contributed by atoms with Gasteiger partial charge in [0.05, 0.1) is 33.9 Å². The molecule has 5 atom stereocenters. The zero-order valence-corrected chi connectivity index (χ0v) is 28.3. The van der Waals surface area contributed by atoms with Crippen LogP contribution in [0.2, 0.25) is 0 Å². The van der Waals surface area contributed by atoms with E-state index in [0.29, 0.717) is 41.9 Å². The van der Waals surface area contributed by atoms with Crippen molar-refractivity contribution in [3.8, 4) is 16.5 Å². The fraction of sp³-hybridized carbons (Fsp3) is 0.500. The first-order valence-electron chi connectivity index (χ1n) is 16.6. The van der Waals surface area contributed by atoms with Gasteiger partial charge in [-0.15, -0.1) is 11.3 Å². The van der Waals surface area contributed by atoms with E-state index in [1.165, 1.54) is 16.2 Å². The number of Topliss-reactive ketones (excluding diaryl/α,β-unsaturated/α-hetero) is 1. The fourth-order valence-corrected chi connectivity index (χ4v) is 7.43. The van der Waals surface area contributed by atoms with Gasteiger partial charge in [-0.1, -0.05) is 43.2 Å². The van der Waals surface area contributed by atoms with Crippen molar-refractivity contribution in [2.45, 2.75) is 95.9 Å². The van der Waals surface area contributed by atoms with Crippen molar-refractivity contribution in [1.82, 2.24) is 20.2 Å². The summed E-state index contributed by atoms with van der Waals surface area (Å²) < 4.78 is 12.0. The summed E-state index contributed by atoms with van der Waals surface area (Å²) in [5.41, 5.74) is -0.0393. The summed E-state index contributed by atoms with van der Waals surface area (Å²) in [6.07, 6.45) is 6.42. The van der Waals surface area contributed by atoms with Crippen molar-refractivity contribution >= 4 is 46.1 Å². The molecule has 1 saturated heterocycles. The molecule has 1 unspecified atom stereocenters. The van der Waals surface area contributed by atoms with Gasteiger partial charge in [0, 0.05) is 12.8 Å². The van der Waals surface area contributed by atoms with Crippen LogP contribution in [0.25, 0.3) is 21.6 Å². The molecule has 0 bridgehead atoms. The fourth-order valence-electron chi connectivity index (χ4n) is 6.72. The number of rotatable bonds is 5. The summed E-state index contributed by atoms with van der Waals surface area (Å²) in [5, 5.41) is 14.9. The van der Waals surface area contributed by atoms with Gasteiger partial charge in [0.1, 0.15) is 23.4 Å². The van der Waals surface area contributed by atoms with Crippen molar-refractivity contribution in [3.63, 3.8) is 0 Å². The first-order chi connectivity index (χ1) is 22.9. The maximum atomic E-state index is 14.3. The van der Waals surface area contributed by atoms with Crippen LogP contribution in [0.15, 0.2) is 53.9 Å². The van der Waals surface area contributed by atoms with E-state index in [2.05, 4.69) is 5.32 Å². The van der Waals surface area contributed by atoms with Crippen LogP contribution in [0.4, 0.5) is 4.79 Å². The number of ketones is 1. The third kappa shape index (κ3) is 7.38. The van der Waals surface area contributed by atoms with Gasteiger partial charge in [-0.3, -0.25) is 14.4 Å². The quantitative estimate of drug-likeness (QED) is 0.303. The summed E-state index contributed by atoms with van der Waals surface area (Å²) in [6, 6.07) is 9.46. The molecule has 48 heavy (non-hydrogen) atoms. The number of nitrogens with zero attached hydrogens (tertiary/aromatic N) is 3. The molecule has 4 heterocycles. The normalized spacial score (nSPS) is 27.3. The molecule has 3 aliphatic rings. The molecule has 1 aromatic carbocycles. The molecule has 12 heteroatoms. The minimum atomic E-state index is -1.19. The Hall–Kier alpha value is -4.32. The van der Waals surface area contributed by atoms with Gasteiger partial charge in [0.15, 0.2) is 5.78 Å². The van der Waals surface area contributed by atoms with E-state index in [1.807, 2.05) is 53.9 Å². The average Bonchev–Trinajstić information content (AvgIpc) is 3.34. The van der Waals surface area contributed by atoms with Crippen LogP contribution >= 0.6 is 11.3 Å². The SMILES string of the molecule is CC(C)(C)OC(=O)N[C@H]1CCCCC/C=C\[C@@H]2C[C@@]2(C(=O)O)CC(=O)[C@@H]2CC(Oc3nc4ccccc4nc3-c3cccs3)CN2C1=O. The van der Waals surface area contributed by atoms with Gasteiger partial charge in [-0.05, 0) is 76.0 Å². The van der Waals surface area contributed by atoms with Crippen molar-refractivity contribution in [2.24, 2.45) is 11.3 Å². The number of nitrogens with one attached hydrogen (secondary N) is 1. The molecular weight excluding hydrogens is 632 g/mol. The standard InChI is InChI=1S/C36H42N4O7S/c1-35(2,3)47-34(45)39-26-15-8-6-4-5-7-12-22-19-36(22,33(43)44)20-28(41)27-18-23(21-40(27)32(26)42)46-31-30(29-16-11-17-48-29)37-24-13-9-10-14-25(24)38-31/h7,9-14,16-17,22-23,26-27H,4-6,8,15,18-21H2,1-3H3,(H,39,45)(H,43,44)/b12-7-/t22-,23?,26+,27+,36-/m1/s1. The summed E-state index contributed by atoms with van der Waals surface area (Å²) >= 11 is 1.50. The van der Waals surface area contributed by atoms with Gasteiger partial charge in [-0.25, -0.2) is 14.8 Å². The molecule has 6 rings (SSSR count). The summed E-state index contributed by atoms with van der Waals surface area (Å²) in [4.78, 5) is 65.8. The number of amides is 2. The molecule has 254 valence electrons. The number of carbonyl (C=O) groups excluding carboxylic acids is 3. The number of aliphatic carboxylic acids is 1. The largest absolute Gasteiger partial charge is 0.481 e. The zero-order chi connectivity index (χ0) is 34.1. The summed E-state index contributed by atoms with van der Waals surface area (Å²) in [6.45, 7) is 5.31. The van der Waals surface area contributed by atoms with E-state index in [-0.39, 0.29) is 31.1 Å². The highest BCUT2D eigenvalue weighted by Crippen LogP contribution is 2.57. The zero-order valence-electron chi connectivity index (χ0n) is 27.5. The Labute approximate surface area is 283 Å². The van der Waals surface area contributed by atoms with Crippen LogP contribution in [0.3, 0.4) is 0 Å². The van der Waals surface area contributed by atoms with Crippen molar-refractivity contribution in [1.29, 1.82) is 0 Å². The monoisotopic (exact) mass is 674 g/mol. The lowest BCUT2D eigenvalue weighted by atomic mass is 9.92. The van der Waals surface area contributed by atoms with Gasteiger partial charge < -0.3 is 24.8 Å². The number of allylic oxidation sites excluding steroid dienone is 2. The lowest BCUT2D eigenvalue weighted by Gasteiger charge is -2.30. The second-order valence-electron chi connectivity index (χ2n) is 14.0. The Bertz CT molecular complexity index is 1720. The smallest absolute Gasteiger partial charge is 0.408 e. The number of fused-ring (bicyclic) bond motifs is 3. The Kier molecular flexibility index (Phi) is 9.55. The van der Waals surface area contributed by atoms with Gasteiger partial charge in [0.25, 0.3) is 0 Å². The van der Waals surface area contributed by atoms with E-state index in [1.54, 1.807) is 20.8 Å². The van der Waals surface area contributed by atoms with E-state index >= 15 is 0 Å². The third-order valence-electron chi connectivity index (χ3n) is 9.26. The molecule has 2 amide bonds. The van der Waals surface area contributed by atoms with Crippen LogP contribution in [-0.2, 0) is 19.1 Å². The molecule has 2 fully saturated rings. The molecule has 1 saturated carbocycles. The van der Waals surface area contributed by atoms with E-state index in [4.69, 9.17) is 19.4 Å². The minimum absolute atomic E-state index is 0.0591. The lowest BCUT2D eigenvalue weighted by molar-refractivity contribution is -0.147. The number of hydrogen-bond acceptors (Lipinski definition) is 9. The maximum absolute atomic E-state index is 14.3. The molecule has 0 spiro atoms. The number of benzene rings is 1.